The molecule has 0 radical (unpaired) electrons. The molecule has 2 atom stereocenters. The number of halogens is 1. The number of hydrogen-bond donors (Lipinski definition) is 2. The topological polar surface area (TPSA) is 88.3 Å². The predicted molar refractivity (Wildman–Crippen MR) is 109 cm³/mol. The lowest BCUT2D eigenvalue weighted by Crippen LogP contribution is -2.45. The summed E-state index contributed by atoms with van der Waals surface area (Å²) in [5, 5.41) is 2.80. The number of nitrogens with two attached hydrogens (primary N) is 1. The molecule has 2 amide bonds. The molecule has 3 N–H and O–H groups in total. The van der Waals surface area contributed by atoms with Crippen molar-refractivity contribution in [2.45, 2.75) is 40.2 Å². The van der Waals surface area contributed by atoms with Crippen LogP contribution >= 0.6 is 0 Å². The van der Waals surface area contributed by atoms with Gasteiger partial charge in [-0.3, -0.25) is 9.59 Å². The van der Waals surface area contributed by atoms with Crippen LogP contribution in [0, 0.1) is 11.7 Å². The normalized spacial score (nSPS) is 17.8. The summed E-state index contributed by atoms with van der Waals surface area (Å²) in [6, 6.07) is 8.47. The fraction of sp³-hybridized carbons (Fsp3) is 0.381. The first-order chi connectivity index (χ1) is 13.2. The third-order valence-corrected chi connectivity index (χ3v) is 4.80. The number of aromatic nitrogens is 1. The summed E-state index contributed by atoms with van der Waals surface area (Å²) >= 11 is 0. The summed E-state index contributed by atoms with van der Waals surface area (Å²) in [5.74, 6) is 0.355. The van der Waals surface area contributed by atoms with E-state index in [-0.39, 0.29) is 23.7 Å². The van der Waals surface area contributed by atoms with Crippen molar-refractivity contribution in [2.24, 2.45) is 5.92 Å². The molecule has 0 aliphatic carbocycles. The highest BCUT2D eigenvalue weighted by Gasteiger charge is 2.31. The molecular weight excluding hydrogens is 359 g/mol. The van der Waals surface area contributed by atoms with Crippen LogP contribution in [0.15, 0.2) is 36.5 Å². The van der Waals surface area contributed by atoms with Crippen LogP contribution in [0.25, 0.3) is 0 Å². The number of carbonyl (C=O) groups excluding carboxylic acids is 2. The number of nitrogens with zero attached hydrogens (tertiary/aromatic N) is 2. The number of fused-ring (bicyclic) bond motifs is 1. The van der Waals surface area contributed by atoms with Crippen molar-refractivity contribution in [1.29, 1.82) is 0 Å². The minimum Gasteiger partial charge on any atom is -0.384 e. The molecule has 7 heteroatoms. The second-order valence-corrected chi connectivity index (χ2v) is 6.92. The van der Waals surface area contributed by atoms with Gasteiger partial charge in [0.25, 0.3) is 5.91 Å². The van der Waals surface area contributed by atoms with E-state index in [1.165, 1.54) is 12.1 Å². The van der Waals surface area contributed by atoms with Crippen LogP contribution in [0.1, 0.15) is 43.6 Å². The van der Waals surface area contributed by atoms with Gasteiger partial charge in [0.1, 0.15) is 11.6 Å². The lowest BCUT2D eigenvalue weighted by Gasteiger charge is -2.39. The van der Waals surface area contributed by atoms with E-state index in [0.29, 0.717) is 23.8 Å². The maximum atomic E-state index is 12.0. The second-order valence-electron chi connectivity index (χ2n) is 6.92. The number of nitrogens with one attached hydrogen (secondary N) is 1. The van der Waals surface area contributed by atoms with Crippen LogP contribution in [0.4, 0.5) is 15.9 Å². The fourth-order valence-electron chi connectivity index (χ4n) is 3.22. The zero-order valence-corrected chi connectivity index (χ0v) is 16.7. The number of pyridine rings is 1. The largest absolute Gasteiger partial charge is 0.384 e. The van der Waals surface area contributed by atoms with Crippen molar-refractivity contribution in [3.8, 4) is 0 Å². The van der Waals surface area contributed by atoms with E-state index < -0.39 is 0 Å². The molecule has 1 aliphatic rings. The summed E-state index contributed by atoms with van der Waals surface area (Å²) in [5.41, 5.74) is 7.83. The molecule has 0 bridgehead atoms. The molecule has 0 saturated carbocycles. The van der Waals surface area contributed by atoms with Gasteiger partial charge in [-0.05, 0) is 62.1 Å². The summed E-state index contributed by atoms with van der Waals surface area (Å²) in [6.45, 7) is 8.32. The molecule has 150 valence electrons. The molecular formula is C21H27FN4O2. The quantitative estimate of drug-likeness (QED) is 0.830. The van der Waals surface area contributed by atoms with Gasteiger partial charge in [0.05, 0.1) is 6.20 Å². The van der Waals surface area contributed by atoms with E-state index in [4.69, 9.17) is 5.73 Å². The smallest absolute Gasteiger partial charge is 0.251 e. The Labute approximate surface area is 164 Å². The molecule has 0 spiro atoms. The average Bonchev–Trinajstić information content (AvgIpc) is 2.65. The molecule has 3 rings (SSSR count). The van der Waals surface area contributed by atoms with E-state index in [2.05, 4.69) is 24.1 Å². The number of amides is 2. The van der Waals surface area contributed by atoms with E-state index in [1.807, 2.05) is 24.0 Å². The predicted octanol–water partition coefficient (Wildman–Crippen LogP) is 3.17. The van der Waals surface area contributed by atoms with Gasteiger partial charge < -0.3 is 16.0 Å². The number of benzene rings is 1. The van der Waals surface area contributed by atoms with Crippen molar-refractivity contribution in [3.05, 3.63) is 53.5 Å². The van der Waals surface area contributed by atoms with Crippen LogP contribution in [0.5, 0.6) is 0 Å². The number of anilines is 2. The molecule has 2 aromatic rings. The van der Waals surface area contributed by atoms with Crippen molar-refractivity contribution in [3.63, 3.8) is 0 Å². The minimum atomic E-state index is -0.362. The molecule has 0 saturated heterocycles. The van der Waals surface area contributed by atoms with E-state index >= 15 is 0 Å². The standard InChI is InChI=1S/C16H22N2O2.C5H5FN2/c1-5-17-16(20)13-6-7-15-14(9-13)8-10(2)11(3)18(15)12(4)19;6-4-1-2-5(7)8-3-4/h6-7,9-11H,5,8H2,1-4H3,(H,17,20);1-3H,(H2,7,8)/t10?,11-;/m0./s1. The molecule has 2 heterocycles. The van der Waals surface area contributed by atoms with Crippen LogP contribution in [-0.4, -0.2) is 29.4 Å². The van der Waals surface area contributed by atoms with Crippen LogP contribution in [0.3, 0.4) is 0 Å². The lowest BCUT2D eigenvalue weighted by atomic mass is 9.87. The first-order valence-electron chi connectivity index (χ1n) is 9.32. The zero-order valence-electron chi connectivity index (χ0n) is 16.7. The van der Waals surface area contributed by atoms with Crippen molar-refractivity contribution in [2.75, 3.05) is 17.2 Å². The SMILES string of the molecule is CCNC(=O)c1ccc2c(c1)CC(C)[C@H](C)N2C(C)=O.Nc1ccc(F)cn1. The number of nitrogen functional groups attached to an aromatic ring is 1. The Bertz CT molecular complexity index is 818. The van der Waals surface area contributed by atoms with Crippen LogP contribution in [-0.2, 0) is 11.2 Å². The van der Waals surface area contributed by atoms with Gasteiger partial charge in [-0.2, -0.15) is 0 Å². The third kappa shape index (κ3) is 5.06. The molecule has 28 heavy (non-hydrogen) atoms. The van der Waals surface area contributed by atoms with Gasteiger partial charge in [-0.15, -0.1) is 0 Å². The highest BCUT2D eigenvalue weighted by atomic mass is 19.1. The van der Waals surface area contributed by atoms with Crippen molar-refractivity contribution < 1.29 is 14.0 Å². The average molecular weight is 386 g/mol. The van der Waals surface area contributed by atoms with Crippen LogP contribution < -0.4 is 16.0 Å². The second kappa shape index (κ2) is 9.30. The number of hydrogen-bond acceptors (Lipinski definition) is 4. The van der Waals surface area contributed by atoms with E-state index in [9.17, 15) is 14.0 Å². The zero-order chi connectivity index (χ0) is 20.8. The first-order valence-corrected chi connectivity index (χ1v) is 9.32. The maximum absolute atomic E-state index is 12.0. The summed E-state index contributed by atoms with van der Waals surface area (Å²) in [7, 11) is 0. The summed E-state index contributed by atoms with van der Waals surface area (Å²) in [6.07, 6.45) is 1.98. The monoisotopic (exact) mass is 386 g/mol. The molecule has 0 fully saturated rings. The maximum Gasteiger partial charge on any atom is 0.251 e. The summed E-state index contributed by atoms with van der Waals surface area (Å²) < 4.78 is 12.0. The molecule has 1 unspecified atom stereocenters. The molecule has 6 nitrogen and oxygen atoms in total. The van der Waals surface area contributed by atoms with E-state index in [1.54, 1.807) is 13.0 Å². The van der Waals surface area contributed by atoms with Gasteiger partial charge in [-0.25, -0.2) is 9.37 Å². The van der Waals surface area contributed by atoms with Gasteiger partial charge >= 0.3 is 0 Å². The van der Waals surface area contributed by atoms with E-state index in [0.717, 1.165) is 23.9 Å². The number of carbonyl (C=O) groups is 2. The Morgan fingerprint density at radius 1 is 1.29 bits per heavy atom. The Balaban J connectivity index is 0.000000292. The first kappa shape index (κ1) is 21.3. The van der Waals surface area contributed by atoms with Gasteiger partial charge in [-0.1, -0.05) is 6.92 Å². The molecule has 1 aliphatic heterocycles. The molecule has 1 aromatic heterocycles. The van der Waals surface area contributed by atoms with Gasteiger partial charge in [0.2, 0.25) is 5.91 Å². The highest BCUT2D eigenvalue weighted by molar-refractivity contribution is 5.97. The fourth-order valence-corrected chi connectivity index (χ4v) is 3.22. The Hall–Kier alpha value is -2.96. The highest BCUT2D eigenvalue weighted by Crippen LogP contribution is 2.34. The number of rotatable bonds is 2. The third-order valence-electron chi connectivity index (χ3n) is 4.80. The molecule has 1 aromatic carbocycles. The van der Waals surface area contributed by atoms with Crippen molar-refractivity contribution in [1.82, 2.24) is 10.3 Å². The van der Waals surface area contributed by atoms with Crippen LogP contribution in [0.2, 0.25) is 0 Å². The van der Waals surface area contributed by atoms with Gasteiger partial charge in [0, 0.05) is 30.8 Å². The summed E-state index contributed by atoms with van der Waals surface area (Å²) in [4.78, 5) is 29.1. The Morgan fingerprint density at radius 2 is 2.00 bits per heavy atom. The van der Waals surface area contributed by atoms with Crippen molar-refractivity contribution >= 4 is 23.3 Å². The Morgan fingerprint density at radius 3 is 2.54 bits per heavy atom. The Kier molecular flexibility index (Phi) is 7.09. The van der Waals surface area contributed by atoms with Gasteiger partial charge in [0.15, 0.2) is 0 Å². The minimum absolute atomic E-state index is 0.0519. The lowest BCUT2D eigenvalue weighted by molar-refractivity contribution is -0.117.